The van der Waals surface area contributed by atoms with Gasteiger partial charge in [0.15, 0.2) is 0 Å². The second-order valence-electron chi connectivity index (χ2n) is 3.74. The van der Waals surface area contributed by atoms with Crippen molar-refractivity contribution in [1.29, 1.82) is 0 Å². The maximum atomic E-state index is 11.8. The lowest BCUT2D eigenvalue weighted by atomic mass is 10.2. The molecule has 19 heavy (non-hydrogen) atoms. The molecule has 2 amide bonds. The zero-order chi connectivity index (χ0) is 15.0. The molecule has 3 N–H and O–H groups in total. The minimum Gasteiger partial charge on any atom is -0.480 e. The van der Waals surface area contributed by atoms with Gasteiger partial charge in [-0.05, 0) is 13.8 Å². The van der Waals surface area contributed by atoms with Crippen LogP contribution in [0, 0.1) is 0 Å². The Kier molecular flexibility index (Phi) is 9.79. The standard InChI is InChI=1S/C9H18N2O4P2S2/c1-4(10-8(13)5(2)19-17)7(12)11-6(3-18-16)9(14)15/h4-6H,3,16-17H2,1-2H3,(H,10,13)(H,11,12)(H,14,15). The van der Waals surface area contributed by atoms with Crippen LogP contribution in [0.1, 0.15) is 13.8 Å². The summed E-state index contributed by atoms with van der Waals surface area (Å²) in [5, 5.41) is 13.5. The number of rotatable bonds is 8. The van der Waals surface area contributed by atoms with E-state index in [0.29, 0.717) is 0 Å². The van der Waals surface area contributed by atoms with Crippen LogP contribution in [0.15, 0.2) is 0 Å². The Labute approximate surface area is 124 Å². The summed E-state index contributed by atoms with van der Waals surface area (Å²) in [6.07, 6.45) is 0. The predicted octanol–water partition coefficient (Wildman–Crippen LogP) is 0.496. The fourth-order valence-electron chi connectivity index (χ4n) is 1.03. The van der Waals surface area contributed by atoms with Crippen LogP contribution in [0.2, 0.25) is 0 Å². The van der Waals surface area contributed by atoms with Crippen molar-refractivity contribution in [3.8, 4) is 0 Å². The van der Waals surface area contributed by atoms with E-state index in [2.05, 4.69) is 27.5 Å². The van der Waals surface area contributed by atoms with E-state index in [1.165, 1.54) is 29.7 Å². The van der Waals surface area contributed by atoms with Gasteiger partial charge in [0.25, 0.3) is 0 Å². The number of amides is 2. The molecule has 0 spiro atoms. The first-order valence-corrected chi connectivity index (χ1v) is 10.2. The second-order valence-corrected chi connectivity index (χ2v) is 7.20. The molecule has 10 heteroatoms. The summed E-state index contributed by atoms with van der Waals surface area (Å²) in [6.45, 7) is 3.22. The van der Waals surface area contributed by atoms with Crippen LogP contribution in [-0.4, -0.2) is 46.0 Å². The number of hydrogen-bond acceptors (Lipinski definition) is 5. The van der Waals surface area contributed by atoms with Gasteiger partial charge < -0.3 is 15.7 Å². The summed E-state index contributed by atoms with van der Waals surface area (Å²) in [6, 6.07) is -1.74. The van der Waals surface area contributed by atoms with Crippen LogP contribution in [0.4, 0.5) is 0 Å². The molecule has 0 aliphatic heterocycles. The molecule has 0 fully saturated rings. The molecule has 0 rings (SSSR count). The smallest absolute Gasteiger partial charge is 0.327 e. The van der Waals surface area contributed by atoms with Crippen molar-refractivity contribution in [2.45, 2.75) is 31.2 Å². The lowest BCUT2D eigenvalue weighted by Gasteiger charge is -2.19. The molecule has 0 aliphatic carbocycles. The average Bonchev–Trinajstić information content (AvgIpc) is 2.36. The Bertz CT molecular complexity index is 346. The zero-order valence-corrected chi connectivity index (χ0v) is 14.5. The third-order valence-electron chi connectivity index (χ3n) is 2.20. The van der Waals surface area contributed by atoms with E-state index in [9.17, 15) is 14.4 Å². The lowest BCUT2D eigenvalue weighted by molar-refractivity contribution is -0.141. The maximum Gasteiger partial charge on any atom is 0.327 e. The third-order valence-corrected chi connectivity index (χ3v) is 5.15. The van der Waals surface area contributed by atoms with Crippen molar-refractivity contribution in [3.63, 3.8) is 0 Å². The molecule has 0 aromatic rings. The zero-order valence-electron chi connectivity index (χ0n) is 10.6. The molecule has 0 heterocycles. The summed E-state index contributed by atoms with van der Waals surface area (Å²) in [4.78, 5) is 34.2. The van der Waals surface area contributed by atoms with E-state index < -0.39 is 24.0 Å². The second kappa shape index (κ2) is 9.81. The maximum absolute atomic E-state index is 11.8. The molecular weight excluding hydrogens is 326 g/mol. The average molecular weight is 344 g/mol. The van der Waals surface area contributed by atoms with Gasteiger partial charge in [-0.25, -0.2) is 4.79 Å². The molecule has 0 radical (unpaired) electrons. The summed E-state index contributed by atoms with van der Waals surface area (Å²) in [7, 11) is 4.70. The topological polar surface area (TPSA) is 95.5 Å². The van der Waals surface area contributed by atoms with E-state index in [-0.39, 0.29) is 16.9 Å². The normalized spacial score (nSPS) is 15.2. The van der Waals surface area contributed by atoms with E-state index in [1.807, 2.05) is 0 Å². The minimum atomic E-state index is -1.10. The summed E-state index contributed by atoms with van der Waals surface area (Å²) >= 11 is 2.53. The molecule has 110 valence electrons. The highest BCUT2D eigenvalue weighted by atomic mass is 32.7. The number of carboxylic acids is 1. The summed E-state index contributed by atoms with van der Waals surface area (Å²) in [5.74, 6) is -1.64. The quantitative estimate of drug-likeness (QED) is 0.555. The van der Waals surface area contributed by atoms with Gasteiger partial charge in [-0.3, -0.25) is 9.59 Å². The number of hydrogen-bond donors (Lipinski definition) is 3. The molecule has 5 atom stereocenters. The largest absolute Gasteiger partial charge is 0.480 e. The van der Waals surface area contributed by atoms with Gasteiger partial charge in [0.2, 0.25) is 11.8 Å². The fourth-order valence-corrected chi connectivity index (χ4v) is 2.58. The SMILES string of the molecule is CC(NC(=O)C(C)SP)C(=O)NC(CSP)C(=O)O. The molecular formula is C9H18N2O4P2S2. The number of carbonyl (C=O) groups excluding carboxylic acids is 2. The highest BCUT2D eigenvalue weighted by molar-refractivity contribution is 8.44. The molecule has 5 unspecified atom stereocenters. The monoisotopic (exact) mass is 344 g/mol. The van der Waals surface area contributed by atoms with Crippen molar-refractivity contribution in [2.75, 3.05) is 5.75 Å². The van der Waals surface area contributed by atoms with Crippen molar-refractivity contribution >= 4 is 57.4 Å². The Hall–Kier alpha value is -0.0300. The first-order chi connectivity index (χ1) is 8.83. The van der Waals surface area contributed by atoms with Crippen molar-refractivity contribution in [3.05, 3.63) is 0 Å². The van der Waals surface area contributed by atoms with E-state index >= 15 is 0 Å². The van der Waals surface area contributed by atoms with Gasteiger partial charge in [-0.15, -0.1) is 22.8 Å². The van der Waals surface area contributed by atoms with E-state index in [0.717, 1.165) is 0 Å². The number of aliphatic carboxylic acids is 1. The molecule has 0 aliphatic rings. The van der Waals surface area contributed by atoms with Gasteiger partial charge in [-0.1, -0.05) is 16.9 Å². The minimum absolute atomic E-state index is 0.240. The van der Waals surface area contributed by atoms with Gasteiger partial charge >= 0.3 is 5.97 Å². The molecule has 0 bridgehead atoms. The van der Waals surface area contributed by atoms with Crippen LogP contribution in [-0.2, 0) is 14.4 Å². The highest BCUT2D eigenvalue weighted by Gasteiger charge is 2.24. The Morgan fingerprint density at radius 2 is 1.74 bits per heavy atom. The van der Waals surface area contributed by atoms with Crippen LogP contribution in [0.25, 0.3) is 0 Å². The van der Waals surface area contributed by atoms with Crippen LogP contribution in [0.5, 0.6) is 0 Å². The van der Waals surface area contributed by atoms with Crippen molar-refractivity contribution in [2.24, 2.45) is 0 Å². The highest BCUT2D eigenvalue weighted by Crippen LogP contribution is 2.18. The van der Waals surface area contributed by atoms with Crippen molar-refractivity contribution in [1.82, 2.24) is 10.6 Å². The van der Waals surface area contributed by atoms with E-state index in [1.54, 1.807) is 6.92 Å². The lowest BCUT2D eigenvalue weighted by Crippen LogP contribution is -2.52. The Balaban J connectivity index is 4.40. The molecule has 6 nitrogen and oxygen atoms in total. The molecule has 0 saturated heterocycles. The van der Waals surface area contributed by atoms with Gasteiger partial charge in [0, 0.05) is 5.75 Å². The van der Waals surface area contributed by atoms with Crippen LogP contribution < -0.4 is 10.6 Å². The van der Waals surface area contributed by atoms with Gasteiger partial charge in [0.1, 0.15) is 12.1 Å². The fraction of sp³-hybridized carbons (Fsp3) is 0.667. The molecule has 0 saturated carbocycles. The van der Waals surface area contributed by atoms with Gasteiger partial charge in [-0.2, -0.15) is 0 Å². The van der Waals surface area contributed by atoms with Crippen LogP contribution in [0.3, 0.4) is 0 Å². The predicted molar refractivity (Wildman–Crippen MR) is 86.1 cm³/mol. The third kappa shape index (κ3) is 7.35. The van der Waals surface area contributed by atoms with Crippen molar-refractivity contribution < 1.29 is 19.5 Å². The number of carbonyl (C=O) groups is 3. The molecule has 0 aromatic heterocycles. The first kappa shape index (κ1) is 19.0. The Morgan fingerprint density at radius 1 is 1.16 bits per heavy atom. The van der Waals surface area contributed by atoms with Crippen LogP contribution >= 0.6 is 39.6 Å². The summed E-state index contributed by atoms with van der Waals surface area (Å²) in [5.41, 5.74) is 0. The van der Waals surface area contributed by atoms with E-state index in [4.69, 9.17) is 5.11 Å². The summed E-state index contributed by atoms with van der Waals surface area (Å²) < 4.78 is 0. The number of nitrogens with one attached hydrogen (secondary N) is 2. The number of carboxylic acid groups (broad SMARTS) is 1. The molecule has 0 aromatic carbocycles. The first-order valence-electron chi connectivity index (χ1n) is 5.34. The van der Waals surface area contributed by atoms with Gasteiger partial charge in [0.05, 0.1) is 5.25 Å². The Morgan fingerprint density at radius 3 is 2.16 bits per heavy atom.